The van der Waals surface area contributed by atoms with Crippen molar-refractivity contribution in [2.45, 2.75) is 26.8 Å². The van der Waals surface area contributed by atoms with E-state index in [1.165, 1.54) is 4.57 Å². The Morgan fingerprint density at radius 2 is 1.89 bits per heavy atom. The SMILES string of the molecule is CCOC(=O)C(C#N)=c1sc(=CNc2ccc(NC(=O)CCN3CCOCC3)cc2)c(=O)n1CC. The number of carbonyl (C=O) groups excluding carboxylic acids is 2. The van der Waals surface area contributed by atoms with Crippen LogP contribution in [0.1, 0.15) is 20.3 Å². The number of morpholine rings is 1. The standard InChI is InChI=1S/C24H29N5O5S/c1-3-29-22(31)20(35-23(29)19(15-25)24(32)34-4-2)16-26-17-5-7-18(8-6-17)27-21(30)9-10-28-11-13-33-14-12-28/h5-8,16,26H,3-4,9-14H2,1-2H3,(H,27,30). The fourth-order valence-electron chi connectivity index (χ4n) is 3.48. The Morgan fingerprint density at radius 1 is 1.20 bits per heavy atom. The third-order valence-electron chi connectivity index (χ3n) is 5.33. The number of nitrogens with zero attached hydrogens (tertiary/aromatic N) is 3. The molecular weight excluding hydrogens is 470 g/mol. The Bertz CT molecular complexity index is 1250. The average Bonchev–Trinajstić information content (AvgIpc) is 3.18. The van der Waals surface area contributed by atoms with E-state index in [0.717, 1.165) is 24.4 Å². The smallest absolute Gasteiger partial charge is 0.351 e. The number of aromatic nitrogens is 1. The Morgan fingerprint density at radius 3 is 2.51 bits per heavy atom. The third kappa shape index (κ3) is 7.02. The largest absolute Gasteiger partial charge is 0.462 e. The molecule has 186 valence electrons. The predicted octanol–water partition coefficient (Wildman–Crippen LogP) is 0.678. The molecule has 1 saturated heterocycles. The van der Waals surface area contributed by atoms with Crippen LogP contribution < -0.4 is 25.4 Å². The second-order valence-electron chi connectivity index (χ2n) is 7.65. The molecule has 1 aromatic heterocycles. The van der Waals surface area contributed by atoms with Gasteiger partial charge in [-0.2, -0.15) is 5.26 Å². The number of thiazole rings is 1. The molecule has 1 aliphatic rings. The number of anilines is 2. The molecule has 1 fully saturated rings. The summed E-state index contributed by atoms with van der Waals surface area (Å²) in [7, 11) is 0. The Labute approximate surface area is 207 Å². The minimum atomic E-state index is -0.749. The van der Waals surface area contributed by atoms with Crippen LogP contribution in [-0.4, -0.2) is 60.8 Å². The fourth-order valence-corrected chi connectivity index (χ4v) is 4.56. The van der Waals surface area contributed by atoms with Gasteiger partial charge in [-0.1, -0.05) is 0 Å². The molecule has 0 radical (unpaired) electrons. The molecule has 1 amide bonds. The number of carbonyl (C=O) groups is 2. The van der Waals surface area contributed by atoms with Gasteiger partial charge in [0.15, 0.2) is 5.57 Å². The van der Waals surface area contributed by atoms with Gasteiger partial charge >= 0.3 is 5.97 Å². The molecule has 2 N–H and O–H groups in total. The van der Waals surface area contributed by atoms with E-state index in [4.69, 9.17) is 9.47 Å². The molecule has 11 heteroatoms. The van der Waals surface area contributed by atoms with Crippen molar-refractivity contribution in [3.63, 3.8) is 0 Å². The van der Waals surface area contributed by atoms with E-state index in [1.54, 1.807) is 44.3 Å². The van der Waals surface area contributed by atoms with E-state index in [1.807, 2.05) is 6.07 Å². The van der Waals surface area contributed by atoms with Crippen LogP contribution in [0.3, 0.4) is 0 Å². The van der Waals surface area contributed by atoms with Gasteiger partial charge in [-0.15, -0.1) is 11.3 Å². The lowest BCUT2D eigenvalue weighted by Gasteiger charge is -2.26. The summed E-state index contributed by atoms with van der Waals surface area (Å²) < 4.78 is 12.2. The van der Waals surface area contributed by atoms with E-state index in [2.05, 4.69) is 15.5 Å². The van der Waals surface area contributed by atoms with Crippen LogP contribution in [-0.2, 0) is 25.6 Å². The molecule has 2 aromatic rings. The van der Waals surface area contributed by atoms with Crippen molar-refractivity contribution in [1.82, 2.24) is 9.47 Å². The van der Waals surface area contributed by atoms with Gasteiger partial charge in [-0.3, -0.25) is 19.1 Å². The van der Waals surface area contributed by atoms with Gasteiger partial charge in [-0.05, 0) is 38.1 Å². The summed E-state index contributed by atoms with van der Waals surface area (Å²) in [5.74, 6) is -0.804. The minimum absolute atomic E-state index is 0.0545. The van der Waals surface area contributed by atoms with Gasteiger partial charge < -0.3 is 20.1 Å². The number of nitrogens with one attached hydrogen (secondary N) is 2. The molecule has 0 spiro atoms. The molecule has 1 aromatic carbocycles. The Hall–Kier alpha value is -3.46. The molecule has 3 rings (SSSR count). The van der Waals surface area contributed by atoms with Gasteiger partial charge in [0, 0.05) is 50.2 Å². The fraction of sp³-hybridized carbons (Fsp3) is 0.417. The zero-order valence-corrected chi connectivity index (χ0v) is 20.7. The van der Waals surface area contributed by atoms with Gasteiger partial charge in [0.1, 0.15) is 15.3 Å². The van der Waals surface area contributed by atoms with Gasteiger partial charge in [-0.25, -0.2) is 4.79 Å². The molecular formula is C24H29N5O5S. The lowest BCUT2D eigenvalue weighted by atomic mass is 10.2. The molecule has 1 aliphatic heterocycles. The summed E-state index contributed by atoms with van der Waals surface area (Å²) in [4.78, 5) is 39.3. The molecule has 0 saturated carbocycles. The number of ether oxygens (including phenoxy) is 2. The van der Waals surface area contributed by atoms with Gasteiger partial charge in [0.05, 0.1) is 19.8 Å². The van der Waals surface area contributed by atoms with E-state index in [0.29, 0.717) is 48.6 Å². The van der Waals surface area contributed by atoms with E-state index in [9.17, 15) is 19.6 Å². The number of amides is 1. The highest BCUT2D eigenvalue weighted by molar-refractivity contribution is 7.07. The molecule has 10 nitrogen and oxygen atoms in total. The molecule has 0 atom stereocenters. The van der Waals surface area contributed by atoms with Crippen molar-refractivity contribution >= 4 is 46.4 Å². The summed E-state index contributed by atoms with van der Waals surface area (Å²) in [6.07, 6.45) is 1.95. The summed E-state index contributed by atoms with van der Waals surface area (Å²) in [6.45, 7) is 7.66. The van der Waals surface area contributed by atoms with Crippen LogP contribution in [0.4, 0.5) is 11.4 Å². The maximum absolute atomic E-state index is 12.8. The average molecular weight is 500 g/mol. The second-order valence-corrected chi connectivity index (χ2v) is 8.68. The first-order chi connectivity index (χ1) is 17.0. The monoisotopic (exact) mass is 499 g/mol. The van der Waals surface area contributed by atoms with Crippen molar-refractivity contribution in [3.05, 3.63) is 43.8 Å². The maximum Gasteiger partial charge on any atom is 0.351 e. The van der Waals surface area contributed by atoms with Crippen LogP contribution in [0.5, 0.6) is 0 Å². The zero-order valence-electron chi connectivity index (χ0n) is 19.8. The highest BCUT2D eigenvalue weighted by Crippen LogP contribution is 2.14. The maximum atomic E-state index is 12.8. The van der Waals surface area contributed by atoms with Crippen LogP contribution in [0.25, 0.3) is 11.8 Å². The first-order valence-corrected chi connectivity index (χ1v) is 12.3. The number of nitriles is 1. The summed E-state index contributed by atoms with van der Waals surface area (Å²) in [6, 6.07) is 8.97. The first kappa shape index (κ1) is 26.2. The zero-order chi connectivity index (χ0) is 25.2. The summed E-state index contributed by atoms with van der Waals surface area (Å²) in [5, 5.41) is 15.4. The van der Waals surface area contributed by atoms with Crippen LogP contribution >= 0.6 is 11.3 Å². The number of rotatable bonds is 9. The highest BCUT2D eigenvalue weighted by Gasteiger charge is 2.16. The van der Waals surface area contributed by atoms with Crippen LogP contribution in [0.2, 0.25) is 0 Å². The molecule has 35 heavy (non-hydrogen) atoms. The third-order valence-corrected chi connectivity index (χ3v) is 6.46. The van der Waals surface area contributed by atoms with E-state index >= 15 is 0 Å². The van der Waals surface area contributed by atoms with Gasteiger partial charge in [0.2, 0.25) is 5.91 Å². The predicted molar refractivity (Wildman–Crippen MR) is 134 cm³/mol. The minimum Gasteiger partial charge on any atom is -0.462 e. The Balaban J connectivity index is 1.68. The summed E-state index contributed by atoms with van der Waals surface area (Å²) >= 11 is 1.05. The first-order valence-electron chi connectivity index (χ1n) is 11.4. The lowest BCUT2D eigenvalue weighted by molar-refractivity contribution is -0.136. The number of esters is 1. The quantitative estimate of drug-likeness (QED) is 0.483. The van der Waals surface area contributed by atoms with Crippen LogP contribution in [0, 0.1) is 11.3 Å². The normalized spacial score (nSPS) is 15.3. The van der Waals surface area contributed by atoms with Crippen molar-refractivity contribution in [2.24, 2.45) is 0 Å². The summed E-state index contributed by atoms with van der Waals surface area (Å²) in [5.41, 5.74) is 0.894. The van der Waals surface area contributed by atoms with Crippen molar-refractivity contribution in [2.75, 3.05) is 50.1 Å². The number of benzene rings is 1. The lowest BCUT2D eigenvalue weighted by Crippen LogP contribution is -2.38. The van der Waals surface area contributed by atoms with E-state index in [-0.39, 0.29) is 28.3 Å². The number of hydrogen-bond donors (Lipinski definition) is 2. The van der Waals surface area contributed by atoms with Crippen molar-refractivity contribution in [3.8, 4) is 6.07 Å². The molecule has 0 unspecified atom stereocenters. The van der Waals surface area contributed by atoms with Gasteiger partial charge in [0.25, 0.3) is 5.56 Å². The van der Waals surface area contributed by atoms with Crippen molar-refractivity contribution in [1.29, 1.82) is 5.26 Å². The highest BCUT2D eigenvalue weighted by atomic mass is 32.1. The molecule has 0 bridgehead atoms. The van der Waals surface area contributed by atoms with E-state index < -0.39 is 5.97 Å². The second kappa shape index (κ2) is 12.9. The van der Waals surface area contributed by atoms with Crippen LogP contribution in [0.15, 0.2) is 29.1 Å². The number of hydrogen-bond acceptors (Lipinski definition) is 9. The topological polar surface area (TPSA) is 126 Å². The molecule has 2 heterocycles. The molecule has 0 aliphatic carbocycles. The Kier molecular flexibility index (Phi) is 9.60. The van der Waals surface area contributed by atoms with Crippen molar-refractivity contribution < 1.29 is 19.1 Å².